The number of rotatable bonds is 3. The van der Waals surface area contributed by atoms with Gasteiger partial charge in [0, 0.05) is 0 Å². The minimum atomic E-state index is -0.852. The van der Waals surface area contributed by atoms with Crippen molar-refractivity contribution in [1.82, 2.24) is 0 Å². The second kappa shape index (κ2) is 28.3. The van der Waals surface area contributed by atoms with Crippen LogP contribution in [0.15, 0.2) is 0 Å². The molecule has 0 aromatic carbocycles. The van der Waals surface area contributed by atoms with E-state index in [2.05, 4.69) is 72.5 Å². The van der Waals surface area contributed by atoms with Crippen molar-refractivity contribution in [2.45, 2.75) is 44.2 Å². The van der Waals surface area contributed by atoms with Gasteiger partial charge in [-0.25, -0.2) is 0 Å². The van der Waals surface area contributed by atoms with Crippen LogP contribution in [0.25, 0.3) is 0 Å². The van der Waals surface area contributed by atoms with Gasteiger partial charge in [-0.15, -0.1) is 0 Å². The van der Waals surface area contributed by atoms with Gasteiger partial charge in [-0.05, 0) is 0 Å². The van der Waals surface area contributed by atoms with E-state index in [1.807, 2.05) is 0 Å². The molecule has 0 aromatic rings. The third kappa shape index (κ3) is 33.1. The zero-order valence-corrected chi connectivity index (χ0v) is 18.8. The van der Waals surface area contributed by atoms with E-state index in [4.69, 9.17) is 23.3 Å². The fraction of sp³-hybridized carbons (Fsp3) is 0.583. The quantitative estimate of drug-likeness (QED) is 0.239. The van der Waals surface area contributed by atoms with Crippen molar-refractivity contribution in [2.75, 3.05) is 0 Å². The third-order valence-electron chi connectivity index (χ3n) is 1.75. The topological polar surface area (TPSA) is 99.5 Å². The second-order valence-electron chi connectivity index (χ2n) is 5.24. The molecule has 21 heavy (non-hydrogen) atoms. The molecule has 0 heterocycles. The van der Waals surface area contributed by atoms with Crippen LogP contribution in [0.1, 0.15) is 0 Å². The Hall–Kier alpha value is 0.122. The molecule has 9 heteroatoms. The van der Waals surface area contributed by atoms with Gasteiger partial charge in [0.1, 0.15) is 0 Å². The van der Waals surface area contributed by atoms with Crippen LogP contribution in [0, 0.1) is 33.3 Å². The first-order valence-corrected chi connectivity index (χ1v) is 17.0. The first-order chi connectivity index (χ1) is 9.69. The maximum atomic E-state index is 7.50. The summed E-state index contributed by atoms with van der Waals surface area (Å²) in [7, 11) is -1.70. The second-order valence-corrected chi connectivity index (χ2v) is 20.4. The summed E-state index contributed by atoms with van der Waals surface area (Å²) in [4.78, 5) is 1.10. The molecular formula is C12H19O5PSi2W. The van der Waals surface area contributed by atoms with Gasteiger partial charge in [-0.2, -0.15) is 0 Å². The van der Waals surface area contributed by atoms with Crippen molar-refractivity contribution in [3.05, 3.63) is 33.3 Å². The van der Waals surface area contributed by atoms with Gasteiger partial charge in [0.2, 0.25) is 0 Å². The van der Waals surface area contributed by atoms with Crippen molar-refractivity contribution in [3.8, 4) is 0 Å². The van der Waals surface area contributed by atoms with Crippen LogP contribution in [0.3, 0.4) is 0 Å². The molecule has 0 saturated heterocycles. The Morgan fingerprint density at radius 1 is 0.619 bits per heavy atom. The summed E-state index contributed by atoms with van der Waals surface area (Å²) >= 11 is 1.76. The van der Waals surface area contributed by atoms with E-state index in [1.54, 1.807) is 25.0 Å². The molecule has 0 spiro atoms. The van der Waals surface area contributed by atoms with Crippen molar-refractivity contribution in [1.29, 1.82) is 0 Å². The molecule has 5 nitrogen and oxygen atoms in total. The Balaban J connectivity index is -0.0000000474. The summed E-state index contributed by atoms with van der Waals surface area (Å²) in [5.74, 6) is 0. The molecule has 0 radical (unpaired) electrons. The molecular weight excluding hydrogens is 495 g/mol. The number of hydrogen-bond donors (Lipinski definition) is 0. The minimum absolute atomic E-state index is 0.852. The molecule has 0 aromatic heterocycles. The van der Waals surface area contributed by atoms with Gasteiger partial charge in [0.15, 0.2) is 0 Å². The molecule has 0 aliphatic carbocycles. The summed E-state index contributed by atoms with van der Waals surface area (Å²) in [6.07, 6.45) is 1.72. The SMILES string of the molecule is C[Si](C)(C)C([P]=[W])[Si](C)(C)C.[C-]#[O+].[C-]#[O+].[C-]#[O+].[C-]#[O+].[C-]#[O+]. The standard InChI is InChI=1S/C7H19PSi2.5CO.W/c1-9(2,3)7(8)10(4,5)6;5*1-2;/h7H,1-6H3;;;;;;. The molecule has 0 unspecified atom stereocenters. The Bertz CT molecular complexity index is 275. The van der Waals surface area contributed by atoms with Crippen LogP contribution in [0.4, 0.5) is 0 Å². The zero-order valence-electron chi connectivity index (χ0n) is 13.0. The van der Waals surface area contributed by atoms with E-state index in [0.29, 0.717) is 0 Å². The molecule has 0 atom stereocenters. The van der Waals surface area contributed by atoms with Gasteiger partial charge in [-0.1, -0.05) is 0 Å². The summed E-state index contributed by atoms with van der Waals surface area (Å²) in [5, 5.41) is 0. The number of hydrogen-bond acceptors (Lipinski definition) is 0. The van der Waals surface area contributed by atoms with Gasteiger partial charge in [-0.3, -0.25) is 0 Å². The average molecular weight is 514 g/mol. The normalized spacial score (nSPS) is 8.05. The first kappa shape index (κ1) is 37.4. The third-order valence-corrected chi connectivity index (χ3v) is 22.5. The van der Waals surface area contributed by atoms with Crippen molar-refractivity contribution >= 4 is 22.4 Å². The molecule has 0 aliphatic heterocycles. The van der Waals surface area contributed by atoms with Crippen LogP contribution in [0.5, 0.6) is 0 Å². The summed E-state index contributed by atoms with van der Waals surface area (Å²) in [6.45, 7) is 37.6. The fourth-order valence-corrected chi connectivity index (χ4v) is 35.0. The maximum absolute atomic E-state index is 7.50. The molecule has 0 amide bonds. The first-order valence-electron chi connectivity index (χ1n) is 5.04. The monoisotopic (exact) mass is 514 g/mol. The van der Waals surface area contributed by atoms with Gasteiger partial charge < -0.3 is 0 Å². The summed E-state index contributed by atoms with van der Waals surface area (Å²) in [6, 6.07) is 0. The Morgan fingerprint density at radius 3 is 0.762 bits per heavy atom. The predicted molar refractivity (Wildman–Crippen MR) is 77.0 cm³/mol. The van der Waals surface area contributed by atoms with Crippen LogP contribution in [0.2, 0.25) is 39.3 Å². The molecule has 0 aliphatic rings. The molecule has 0 rings (SSSR count). The van der Waals surface area contributed by atoms with Gasteiger partial charge >= 0.3 is 142 Å². The van der Waals surface area contributed by atoms with E-state index in [9.17, 15) is 0 Å². The van der Waals surface area contributed by atoms with Crippen LogP contribution in [-0.2, 0) is 42.1 Å². The van der Waals surface area contributed by atoms with E-state index in [1.165, 1.54) is 0 Å². The molecule has 0 saturated carbocycles. The van der Waals surface area contributed by atoms with Crippen LogP contribution >= 0.6 is 6.21 Å². The molecule has 0 fully saturated rings. The van der Waals surface area contributed by atoms with E-state index in [0.717, 1.165) is 4.91 Å². The van der Waals surface area contributed by atoms with E-state index in [-0.39, 0.29) is 0 Å². The van der Waals surface area contributed by atoms with Crippen molar-refractivity contribution in [3.63, 3.8) is 0 Å². The molecule has 0 N–H and O–H groups in total. The van der Waals surface area contributed by atoms with E-state index >= 15 is 0 Å². The fourth-order valence-electron chi connectivity index (χ4n) is 1.62. The Labute approximate surface area is 141 Å². The summed E-state index contributed by atoms with van der Waals surface area (Å²) < 4.78 is 37.5. The van der Waals surface area contributed by atoms with Crippen molar-refractivity contribution < 1.29 is 42.1 Å². The van der Waals surface area contributed by atoms with Crippen LogP contribution in [-0.4, -0.2) is 21.1 Å². The summed E-state index contributed by atoms with van der Waals surface area (Å²) in [5.41, 5.74) is 0. The predicted octanol–water partition coefficient (Wildman–Crippen LogP) is 3.33. The van der Waals surface area contributed by atoms with Gasteiger partial charge in [0.05, 0.1) is 0 Å². The molecule has 116 valence electrons. The van der Waals surface area contributed by atoms with Crippen LogP contribution < -0.4 is 0 Å². The molecule has 0 bridgehead atoms. The Morgan fingerprint density at radius 2 is 0.762 bits per heavy atom. The Kier molecular flexibility index (Phi) is 50.4. The average Bonchev–Trinajstić information content (AvgIpc) is 2.47. The van der Waals surface area contributed by atoms with Crippen molar-refractivity contribution in [2.24, 2.45) is 0 Å². The van der Waals surface area contributed by atoms with Gasteiger partial charge in [0.25, 0.3) is 0 Å². The van der Waals surface area contributed by atoms with E-state index < -0.39 is 16.1 Å². The zero-order chi connectivity index (χ0) is 19.3.